The molecule has 1 aromatic carbocycles. The summed E-state index contributed by atoms with van der Waals surface area (Å²) in [7, 11) is 0. The summed E-state index contributed by atoms with van der Waals surface area (Å²) in [6.45, 7) is 20.8. The Morgan fingerprint density at radius 2 is 0.623 bits per heavy atom. The molecule has 0 unspecified atom stereocenters. The molecule has 0 amide bonds. The molecule has 0 N–H and O–H groups in total. The molecular weight excluding hydrogens is 883 g/mol. The normalized spacial score (nSPS) is 12.2. The van der Waals surface area contributed by atoms with Crippen molar-refractivity contribution in [1.29, 1.82) is 0 Å². The van der Waals surface area contributed by atoms with E-state index in [0.29, 0.717) is 19.8 Å². The van der Waals surface area contributed by atoms with Gasteiger partial charge in [-0.25, -0.2) is 0 Å². The Morgan fingerprint density at radius 3 is 0.928 bits per heavy atom. The van der Waals surface area contributed by atoms with Gasteiger partial charge in [-0.15, -0.1) is 19.7 Å². The van der Waals surface area contributed by atoms with Crippen molar-refractivity contribution in [2.45, 2.75) is 297 Å². The molecule has 0 atom stereocenters. The number of benzene rings is 1. The number of hydrogen-bond acceptors (Lipinski definition) is 3. The number of rotatable bonds is 56. The van der Waals surface area contributed by atoms with Crippen molar-refractivity contribution >= 4 is 17.2 Å². The maximum atomic E-state index is 8.71. The van der Waals surface area contributed by atoms with Crippen LogP contribution in [0, 0.1) is 0 Å². The second-order valence-corrected chi connectivity index (χ2v) is 29.7. The number of hydrogen-bond donors (Lipinski definition) is 0. The minimum Gasteiger partial charge on any atom is -0.103 e. The zero-order valence-corrected chi connectivity index (χ0v) is 48.4. The summed E-state index contributed by atoms with van der Waals surface area (Å²) in [4.78, 5) is 0. The number of ether oxygens (including phenoxy) is 3. The van der Waals surface area contributed by atoms with Crippen molar-refractivity contribution in [3.63, 3.8) is 0 Å². The molecule has 0 aliphatic rings. The van der Waals surface area contributed by atoms with Crippen molar-refractivity contribution in [2.24, 2.45) is 0 Å². The van der Waals surface area contributed by atoms with Crippen molar-refractivity contribution in [1.82, 2.24) is 0 Å². The second-order valence-electron chi connectivity index (χ2n) is 21.6. The van der Waals surface area contributed by atoms with Crippen molar-refractivity contribution in [3.05, 3.63) is 55.7 Å². The summed E-state index contributed by atoms with van der Waals surface area (Å²) < 4.78 is 20.7. The predicted octanol–water partition coefficient (Wildman–Crippen LogP) is 23.0. The van der Waals surface area contributed by atoms with E-state index in [1.54, 1.807) is 0 Å². The van der Waals surface area contributed by atoms with Gasteiger partial charge in [0.05, 0.1) is 0 Å². The molecule has 0 aliphatic carbocycles. The average Bonchev–Trinajstić information content (AvgIpc) is 3.34. The summed E-state index contributed by atoms with van der Waals surface area (Å²) in [5, 5.41) is 0. The Kier molecular flexibility index (Phi) is 45.2. The van der Waals surface area contributed by atoms with E-state index in [0.717, 1.165) is 61.9 Å². The summed E-state index contributed by atoms with van der Waals surface area (Å²) in [5.74, 6) is -0.0706. The Morgan fingerprint density at radius 1 is 0.362 bits per heavy atom. The number of allylic oxidation sites excluding steroid dienone is 3. The molecule has 0 fully saturated rings. The molecule has 1 aromatic rings. The molecule has 3 nitrogen and oxygen atoms in total. The molecule has 0 spiro atoms. The fraction of sp³-hybridized carbons (Fsp3) is 0.812. The molecule has 69 heavy (non-hydrogen) atoms. The number of halogens is 1. The Bertz CT molecular complexity index is 1220. The van der Waals surface area contributed by atoms with Crippen LogP contribution in [-0.4, -0.2) is 38.3 Å². The topological polar surface area (TPSA) is 27.7 Å². The molecule has 0 saturated carbocycles. The van der Waals surface area contributed by atoms with Gasteiger partial charge in [0.1, 0.15) is 0 Å². The first kappa shape index (κ1) is 65.6. The molecular formula is C64H118ClO3P. The van der Waals surface area contributed by atoms with Crippen LogP contribution in [0.25, 0.3) is 0 Å². The summed E-state index contributed by atoms with van der Waals surface area (Å²) >= 11 is 8.71. The standard InChI is InChI=1S/C64H118ClO3P/c1-7-13-19-25-31-34-37-40-46-52-66-62-58-61(60-69(65,55-49-43-28-22-16-10-4,56-50-44-29-23-17-11-5)57-51-45-30-24-18-12-6)59-63(67-53-47-41-38-35-32-26-20-14-8-2)64(62)68-54-48-42-39-36-33-27-21-15-9-3/h7-9,58-59H,1-3,10-57,60H2,4-6H3. The van der Waals surface area contributed by atoms with E-state index in [2.05, 4.69) is 70.9 Å². The van der Waals surface area contributed by atoms with E-state index in [1.807, 2.05) is 0 Å². The van der Waals surface area contributed by atoms with E-state index < -0.39 is 5.96 Å². The Labute approximate surface area is 437 Å². The fourth-order valence-corrected chi connectivity index (χ4v) is 17.1. The Hall–Kier alpha value is -1.44. The minimum atomic E-state index is -2.70. The molecule has 404 valence electrons. The van der Waals surface area contributed by atoms with Crippen LogP contribution in [0.5, 0.6) is 17.2 Å². The SMILES string of the molecule is C=CCCCCCCCCCOc1cc(CP(Cl)(CCCCCCCC)(CCCCCCCC)CCCCCCCC)cc(OCCCCCCCCCC=C)c1OCCCCCCCCCC=C. The molecule has 1 rings (SSSR count). The molecule has 5 heteroatoms. The van der Waals surface area contributed by atoms with Gasteiger partial charge in [0.15, 0.2) is 0 Å². The van der Waals surface area contributed by atoms with Gasteiger partial charge in [-0.2, -0.15) is 0 Å². The number of unbranched alkanes of at least 4 members (excludes halogenated alkanes) is 36. The van der Waals surface area contributed by atoms with E-state index in [4.69, 9.17) is 25.5 Å². The van der Waals surface area contributed by atoms with E-state index in [9.17, 15) is 0 Å². The van der Waals surface area contributed by atoms with Gasteiger partial charge >= 0.3 is 356 Å². The molecule has 0 aliphatic heterocycles. The van der Waals surface area contributed by atoms with Crippen LogP contribution in [0.15, 0.2) is 50.1 Å². The summed E-state index contributed by atoms with van der Waals surface area (Å²) in [6, 6.07) is 4.76. The van der Waals surface area contributed by atoms with Crippen molar-refractivity contribution in [3.8, 4) is 17.2 Å². The van der Waals surface area contributed by atoms with Gasteiger partial charge in [0, 0.05) is 0 Å². The van der Waals surface area contributed by atoms with Crippen LogP contribution in [0.3, 0.4) is 0 Å². The van der Waals surface area contributed by atoms with Gasteiger partial charge in [0.25, 0.3) is 0 Å². The monoisotopic (exact) mass is 1000 g/mol. The van der Waals surface area contributed by atoms with E-state index >= 15 is 0 Å². The molecule has 0 radical (unpaired) electrons. The quantitative estimate of drug-likeness (QED) is 0.0370. The summed E-state index contributed by atoms with van der Waals surface area (Å²) in [5.41, 5.74) is 1.33. The van der Waals surface area contributed by atoms with Crippen LogP contribution in [0.4, 0.5) is 0 Å². The fourth-order valence-electron chi connectivity index (χ4n) is 10.3. The van der Waals surface area contributed by atoms with E-state index in [1.165, 1.54) is 255 Å². The third-order valence-electron chi connectivity index (χ3n) is 14.8. The summed E-state index contributed by atoms with van der Waals surface area (Å²) in [6.07, 6.45) is 64.2. The van der Waals surface area contributed by atoms with Crippen LogP contribution >= 0.6 is 17.2 Å². The van der Waals surface area contributed by atoms with Crippen LogP contribution in [-0.2, 0) is 6.16 Å². The predicted molar refractivity (Wildman–Crippen MR) is 316 cm³/mol. The third kappa shape index (κ3) is 37.0. The van der Waals surface area contributed by atoms with Gasteiger partial charge in [-0.3, -0.25) is 0 Å². The zero-order valence-electron chi connectivity index (χ0n) is 46.7. The van der Waals surface area contributed by atoms with E-state index in [-0.39, 0.29) is 0 Å². The van der Waals surface area contributed by atoms with Crippen LogP contribution in [0.2, 0.25) is 0 Å². The average molecular weight is 1000 g/mol. The smallest absolute Gasteiger partial charge is 0.103 e. The molecule has 0 aromatic heterocycles. The zero-order chi connectivity index (χ0) is 50.1. The molecule has 0 saturated heterocycles. The first-order valence-electron chi connectivity index (χ1n) is 30.5. The van der Waals surface area contributed by atoms with Crippen molar-refractivity contribution < 1.29 is 14.2 Å². The minimum absolute atomic E-state index is 0.698. The van der Waals surface area contributed by atoms with Crippen molar-refractivity contribution in [2.75, 3.05) is 38.3 Å². The third-order valence-corrected chi connectivity index (χ3v) is 22.1. The second kappa shape index (κ2) is 47.6. The van der Waals surface area contributed by atoms with Gasteiger partial charge in [-0.1, -0.05) is 24.6 Å². The molecule has 0 heterocycles. The first-order valence-corrected chi connectivity index (χ1v) is 34.4. The van der Waals surface area contributed by atoms with Gasteiger partial charge < -0.3 is 0 Å². The Balaban J connectivity index is 3.57. The van der Waals surface area contributed by atoms with Crippen LogP contribution in [0.1, 0.15) is 296 Å². The molecule has 0 bridgehead atoms. The maximum absolute atomic E-state index is 8.71. The first-order chi connectivity index (χ1) is 33.9. The van der Waals surface area contributed by atoms with Crippen LogP contribution < -0.4 is 14.2 Å². The van der Waals surface area contributed by atoms with Gasteiger partial charge in [-0.05, 0) is 38.5 Å². The van der Waals surface area contributed by atoms with Gasteiger partial charge in [0.2, 0.25) is 0 Å².